The van der Waals surface area contributed by atoms with Gasteiger partial charge in [-0.1, -0.05) is 73.7 Å². The standard InChI is InChI=1S/C33H37N3O5/c1-4-32-14-8-16-34(21-24-10-6-5-7-11-24)29(38)26(32)27-30(39)36(18-19-37)28-31(40)35(17-9-15-33(27,28)41-32)25-20-22(2)12-13-23(25)3/h5-15,20,26-28,37H,4,16-19,21H2,1-3H3/t26-,27-,28?,32+,33-/m0/s1. The van der Waals surface area contributed by atoms with Gasteiger partial charge in [-0.15, -0.1) is 0 Å². The Morgan fingerprint density at radius 3 is 2.41 bits per heavy atom. The minimum Gasteiger partial charge on any atom is -0.395 e. The van der Waals surface area contributed by atoms with Gasteiger partial charge in [0.05, 0.1) is 24.0 Å². The highest BCUT2D eigenvalue weighted by molar-refractivity contribution is 6.06. The summed E-state index contributed by atoms with van der Waals surface area (Å²) in [5.74, 6) is -2.46. The van der Waals surface area contributed by atoms with Gasteiger partial charge in [-0.3, -0.25) is 14.4 Å². The SMILES string of the molecule is CC[C@@]12C=CCN(Cc3ccccc3)C(=O)[C@@H]1[C@H]1C(=O)N(CCO)C3C(=O)N(c4cc(C)ccc4C)CC=C[C@@]31O2. The van der Waals surface area contributed by atoms with Gasteiger partial charge in [-0.2, -0.15) is 0 Å². The molecule has 0 aliphatic carbocycles. The number of hydrogen-bond acceptors (Lipinski definition) is 5. The molecule has 4 aliphatic rings. The van der Waals surface area contributed by atoms with Crippen LogP contribution in [0.5, 0.6) is 0 Å². The summed E-state index contributed by atoms with van der Waals surface area (Å²) in [6, 6.07) is 14.7. The molecule has 2 fully saturated rings. The van der Waals surface area contributed by atoms with Gasteiger partial charge >= 0.3 is 0 Å². The predicted molar refractivity (Wildman–Crippen MR) is 155 cm³/mol. The van der Waals surface area contributed by atoms with Gasteiger partial charge in [0.2, 0.25) is 11.8 Å². The number of nitrogens with zero attached hydrogens (tertiary/aromatic N) is 3. The van der Waals surface area contributed by atoms with E-state index in [1.54, 1.807) is 9.80 Å². The second kappa shape index (κ2) is 10.3. The highest BCUT2D eigenvalue weighted by Gasteiger charge is 2.75. The maximum Gasteiger partial charge on any atom is 0.253 e. The molecule has 4 aliphatic heterocycles. The van der Waals surface area contributed by atoms with Crippen molar-refractivity contribution < 1.29 is 24.2 Å². The Morgan fingerprint density at radius 1 is 0.927 bits per heavy atom. The van der Waals surface area contributed by atoms with Crippen molar-refractivity contribution in [1.29, 1.82) is 0 Å². The van der Waals surface area contributed by atoms with E-state index < -0.39 is 29.1 Å². The Morgan fingerprint density at radius 2 is 1.68 bits per heavy atom. The Bertz CT molecular complexity index is 1440. The monoisotopic (exact) mass is 555 g/mol. The van der Waals surface area contributed by atoms with E-state index in [9.17, 15) is 19.5 Å². The topological polar surface area (TPSA) is 90.4 Å². The van der Waals surface area contributed by atoms with Crippen LogP contribution in [0.15, 0.2) is 72.8 Å². The van der Waals surface area contributed by atoms with Gasteiger partial charge in [0.1, 0.15) is 11.6 Å². The van der Waals surface area contributed by atoms with Crippen LogP contribution in [0.1, 0.15) is 30.0 Å². The van der Waals surface area contributed by atoms with Crippen molar-refractivity contribution in [3.8, 4) is 0 Å². The molecule has 1 N–H and O–H groups in total. The quantitative estimate of drug-likeness (QED) is 0.553. The first kappa shape index (κ1) is 27.4. The molecule has 8 heteroatoms. The smallest absolute Gasteiger partial charge is 0.253 e. The molecule has 2 aromatic carbocycles. The first-order chi connectivity index (χ1) is 19.8. The highest BCUT2D eigenvalue weighted by Crippen LogP contribution is 2.58. The molecule has 214 valence electrons. The van der Waals surface area contributed by atoms with Crippen LogP contribution in [-0.2, 0) is 25.7 Å². The Kier molecular flexibility index (Phi) is 6.86. The number of likely N-dealkylation sites (tertiary alicyclic amines) is 1. The molecular formula is C33H37N3O5. The third-order valence-corrected chi connectivity index (χ3v) is 9.24. The maximum atomic E-state index is 14.5. The van der Waals surface area contributed by atoms with Crippen molar-refractivity contribution in [2.45, 2.75) is 51.0 Å². The van der Waals surface area contributed by atoms with Gasteiger partial charge in [0, 0.05) is 31.9 Å². The number of carbonyl (C=O) groups is 3. The van der Waals surface area contributed by atoms with Crippen LogP contribution in [0.25, 0.3) is 0 Å². The highest BCUT2D eigenvalue weighted by atomic mass is 16.5. The fourth-order valence-corrected chi connectivity index (χ4v) is 7.33. The molecule has 0 aromatic heterocycles. The lowest BCUT2D eigenvalue weighted by molar-refractivity contribution is -0.150. The normalized spacial score (nSPS) is 30.8. The van der Waals surface area contributed by atoms with Gasteiger partial charge in [-0.25, -0.2) is 0 Å². The average Bonchev–Trinajstić information content (AvgIpc) is 3.25. The van der Waals surface area contributed by atoms with Crippen LogP contribution in [0.4, 0.5) is 5.69 Å². The van der Waals surface area contributed by atoms with Crippen LogP contribution >= 0.6 is 0 Å². The van der Waals surface area contributed by atoms with E-state index in [1.807, 2.05) is 93.6 Å². The van der Waals surface area contributed by atoms with Crippen LogP contribution < -0.4 is 4.90 Å². The summed E-state index contributed by atoms with van der Waals surface area (Å²) in [6.07, 6.45) is 8.12. The van der Waals surface area contributed by atoms with E-state index >= 15 is 0 Å². The second-order valence-corrected chi connectivity index (χ2v) is 11.6. The van der Waals surface area contributed by atoms with E-state index in [2.05, 4.69) is 0 Å². The number of aryl methyl sites for hydroxylation is 2. The number of aliphatic hydroxyl groups excluding tert-OH is 1. The molecule has 41 heavy (non-hydrogen) atoms. The van der Waals surface area contributed by atoms with Crippen molar-refractivity contribution in [2.75, 3.05) is 31.1 Å². The van der Waals surface area contributed by atoms with E-state index in [-0.39, 0.29) is 30.9 Å². The summed E-state index contributed by atoms with van der Waals surface area (Å²) < 4.78 is 6.99. The first-order valence-corrected chi connectivity index (χ1v) is 14.4. The number of rotatable bonds is 6. The number of fused-ring (bicyclic) bond motifs is 2. The Balaban J connectivity index is 1.46. The van der Waals surface area contributed by atoms with E-state index in [1.165, 1.54) is 4.90 Å². The number of hydrogen-bond donors (Lipinski definition) is 1. The lowest BCUT2D eigenvalue weighted by atomic mass is 9.73. The van der Waals surface area contributed by atoms with Gasteiger partial charge in [0.15, 0.2) is 0 Å². The molecule has 0 bridgehead atoms. The van der Waals surface area contributed by atoms with Crippen molar-refractivity contribution in [2.24, 2.45) is 11.8 Å². The summed E-state index contributed by atoms with van der Waals surface area (Å²) >= 11 is 0. The van der Waals surface area contributed by atoms with E-state index in [0.717, 1.165) is 22.4 Å². The van der Waals surface area contributed by atoms with Gasteiger partial charge in [-0.05, 0) is 43.0 Å². The number of β-amino-alcohol motifs (C(OH)–C–C–N with tert-alkyl or cyclic N) is 1. The molecular weight excluding hydrogens is 518 g/mol. The predicted octanol–water partition coefficient (Wildman–Crippen LogP) is 3.16. The van der Waals surface area contributed by atoms with Gasteiger partial charge in [0.25, 0.3) is 5.91 Å². The molecule has 0 saturated carbocycles. The summed E-state index contributed by atoms with van der Waals surface area (Å²) in [4.78, 5) is 48.2. The van der Waals surface area contributed by atoms with Crippen LogP contribution in [0, 0.1) is 25.7 Å². The van der Waals surface area contributed by atoms with Crippen LogP contribution in [-0.4, -0.2) is 76.1 Å². The maximum absolute atomic E-state index is 14.5. The fraction of sp³-hybridized carbons (Fsp3) is 0.424. The minimum absolute atomic E-state index is 0.0189. The third kappa shape index (κ3) is 4.15. The lowest BCUT2D eigenvalue weighted by Crippen LogP contribution is -2.56. The van der Waals surface area contributed by atoms with Crippen LogP contribution in [0.2, 0.25) is 0 Å². The number of benzene rings is 2. The molecule has 5 atom stereocenters. The van der Waals surface area contributed by atoms with Crippen molar-refractivity contribution in [3.63, 3.8) is 0 Å². The first-order valence-electron chi connectivity index (χ1n) is 14.4. The molecule has 2 saturated heterocycles. The summed E-state index contributed by atoms with van der Waals surface area (Å²) in [5.41, 5.74) is 1.36. The zero-order chi connectivity index (χ0) is 28.9. The zero-order valence-electron chi connectivity index (χ0n) is 23.8. The summed E-state index contributed by atoms with van der Waals surface area (Å²) in [5, 5.41) is 9.98. The Hall–Kier alpha value is -3.75. The molecule has 0 radical (unpaired) electrons. The third-order valence-electron chi connectivity index (χ3n) is 9.24. The van der Waals surface area contributed by atoms with Gasteiger partial charge < -0.3 is 24.5 Å². The van der Waals surface area contributed by atoms with E-state index in [4.69, 9.17) is 4.74 Å². The van der Waals surface area contributed by atoms with Crippen molar-refractivity contribution >= 4 is 23.4 Å². The second-order valence-electron chi connectivity index (χ2n) is 11.6. The lowest BCUT2D eigenvalue weighted by Gasteiger charge is -2.38. The van der Waals surface area contributed by atoms with Crippen molar-refractivity contribution in [3.05, 3.63) is 89.5 Å². The van der Waals surface area contributed by atoms with Crippen molar-refractivity contribution in [1.82, 2.24) is 9.80 Å². The number of amides is 3. The van der Waals surface area contributed by atoms with Crippen LogP contribution in [0.3, 0.4) is 0 Å². The Labute approximate surface area is 240 Å². The average molecular weight is 556 g/mol. The molecule has 2 aromatic rings. The van der Waals surface area contributed by atoms with E-state index in [0.29, 0.717) is 26.1 Å². The number of anilines is 1. The fourth-order valence-electron chi connectivity index (χ4n) is 7.33. The molecule has 6 rings (SSSR count). The molecule has 1 spiro atoms. The largest absolute Gasteiger partial charge is 0.395 e. The summed E-state index contributed by atoms with van der Waals surface area (Å²) in [7, 11) is 0. The minimum atomic E-state index is -1.34. The number of aliphatic hydroxyl groups is 1. The molecule has 1 unspecified atom stereocenters. The molecule has 8 nitrogen and oxygen atoms in total. The zero-order valence-corrected chi connectivity index (χ0v) is 23.8. The molecule has 3 amide bonds. The molecule has 4 heterocycles. The summed E-state index contributed by atoms with van der Waals surface area (Å²) in [6.45, 7) is 6.71. The number of ether oxygens (including phenoxy) is 1. The number of carbonyl (C=O) groups excluding carboxylic acids is 3.